The van der Waals surface area contributed by atoms with Gasteiger partial charge in [-0.2, -0.15) is 0 Å². The van der Waals surface area contributed by atoms with Crippen molar-refractivity contribution in [3.8, 4) is 0 Å². The smallest absolute Gasteiger partial charge is 0.378 e. The molecule has 100 valence electrons. The van der Waals surface area contributed by atoms with Crippen molar-refractivity contribution in [3.05, 3.63) is 11.5 Å². The zero-order chi connectivity index (χ0) is 13.5. The first-order valence-electron chi connectivity index (χ1n) is 5.44. The Hall–Kier alpha value is -1.60. The summed E-state index contributed by atoms with van der Waals surface area (Å²) in [7, 11) is 0. The molecule has 7 nitrogen and oxygen atoms in total. The van der Waals surface area contributed by atoms with Crippen molar-refractivity contribution < 1.29 is 33.6 Å². The van der Waals surface area contributed by atoms with Crippen molar-refractivity contribution in [2.75, 3.05) is 6.61 Å². The standard InChI is InChI=1S/C11H14O7/c1-5(12)16-9-7(13)8(17-10(9)14)6-4-15-11(2,3)18-6/h6,8,13H,4H2,1-3H3/t6-,8+/m0/s1. The molecule has 0 bridgehead atoms. The summed E-state index contributed by atoms with van der Waals surface area (Å²) in [6.45, 7) is 4.70. The molecule has 0 unspecified atom stereocenters. The molecule has 2 heterocycles. The van der Waals surface area contributed by atoms with E-state index in [-0.39, 0.29) is 6.61 Å². The fourth-order valence-electron chi connectivity index (χ4n) is 1.81. The molecule has 0 spiro atoms. The number of carbonyl (C=O) groups is 2. The highest BCUT2D eigenvalue weighted by molar-refractivity contribution is 5.92. The normalized spacial score (nSPS) is 30.5. The number of aliphatic hydroxyl groups excluding tert-OH is 1. The third-order valence-electron chi connectivity index (χ3n) is 2.54. The van der Waals surface area contributed by atoms with Crippen molar-refractivity contribution >= 4 is 11.9 Å². The summed E-state index contributed by atoms with van der Waals surface area (Å²) in [4.78, 5) is 22.2. The number of ether oxygens (including phenoxy) is 4. The summed E-state index contributed by atoms with van der Waals surface area (Å²) < 4.78 is 20.3. The van der Waals surface area contributed by atoms with Crippen LogP contribution in [0.2, 0.25) is 0 Å². The zero-order valence-corrected chi connectivity index (χ0v) is 10.3. The van der Waals surface area contributed by atoms with Gasteiger partial charge < -0.3 is 24.1 Å². The molecule has 2 aliphatic rings. The van der Waals surface area contributed by atoms with Crippen LogP contribution in [0, 0.1) is 0 Å². The number of rotatable bonds is 2. The van der Waals surface area contributed by atoms with Crippen LogP contribution in [-0.2, 0) is 28.5 Å². The molecule has 18 heavy (non-hydrogen) atoms. The van der Waals surface area contributed by atoms with Crippen LogP contribution in [0.15, 0.2) is 11.5 Å². The topological polar surface area (TPSA) is 91.3 Å². The van der Waals surface area contributed by atoms with E-state index in [1.54, 1.807) is 13.8 Å². The van der Waals surface area contributed by atoms with Crippen molar-refractivity contribution in [3.63, 3.8) is 0 Å². The molecule has 2 aliphatic heterocycles. The van der Waals surface area contributed by atoms with Gasteiger partial charge in [0.05, 0.1) is 6.61 Å². The highest BCUT2D eigenvalue weighted by atomic mass is 16.8. The summed E-state index contributed by atoms with van der Waals surface area (Å²) in [6, 6.07) is 0. The van der Waals surface area contributed by atoms with Gasteiger partial charge in [-0.15, -0.1) is 0 Å². The van der Waals surface area contributed by atoms with E-state index in [1.807, 2.05) is 0 Å². The first kappa shape index (κ1) is 12.8. The van der Waals surface area contributed by atoms with Crippen LogP contribution in [0.3, 0.4) is 0 Å². The van der Waals surface area contributed by atoms with Gasteiger partial charge in [-0.25, -0.2) is 4.79 Å². The highest BCUT2D eigenvalue weighted by Gasteiger charge is 2.47. The minimum absolute atomic E-state index is 0.169. The van der Waals surface area contributed by atoms with Crippen LogP contribution < -0.4 is 0 Å². The number of carbonyl (C=O) groups excluding carboxylic acids is 2. The Labute approximate surface area is 103 Å². The Morgan fingerprint density at radius 2 is 2.17 bits per heavy atom. The fourth-order valence-corrected chi connectivity index (χ4v) is 1.81. The van der Waals surface area contributed by atoms with Crippen molar-refractivity contribution in [1.29, 1.82) is 0 Å². The molecule has 1 N–H and O–H groups in total. The molecule has 0 aliphatic carbocycles. The van der Waals surface area contributed by atoms with E-state index in [0.717, 1.165) is 6.92 Å². The number of cyclic esters (lactones) is 1. The van der Waals surface area contributed by atoms with Crippen molar-refractivity contribution in [1.82, 2.24) is 0 Å². The maximum absolute atomic E-state index is 11.4. The molecule has 0 aromatic carbocycles. The van der Waals surface area contributed by atoms with Gasteiger partial charge in [-0.05, 0) is 13.8 Å². The third kappa shape index (κ3) is 2.32. The van der Waals surface area contributed by atoms with Gasteiger partial charge in [0.1, 0.15) is 6.10 Å². The van der Waals surface area contributed by atoms with Gasteiger partial charge in [0.2, 0.25) is 0 Å². The van der Waals surface area contributed by atoms with Crippen molar-refractivity contribution in [2.45, 2.75) is 38.8 Å². The number of hydrogen-bond donors (Lipinski definition) is 1. The van der Waals surface area contributed by atoms with Crippen LogP contribution >= 0.6 is 0 Å². The third-order valence-corrected chi connectivity index (χ3v) is 2.54. The lowest BCUT2D eigenvalue weighted by atomic mass is 10.2. The Morgan fingerprint density at radius 3 is 2.67 bits per heavy atom. The maximum Gasteiger partial charge on any atom is 0.378 e. The van der Waals surface area contributed by atoms with Gasteiger partial charge in [-0.1, -0.05) is 0 Å². The Balaban J connectivity index is 2.15. The average molecular weight is 258 g/mol. The highest BCUT2D eigenvalue weighted by Crippen LogP contribution is 2.32. The summed E-state index contributed by atoms with van der Waals surface area (Å²) >= 11 is 0. The molecule has 0 saturated carbocycles. The first-order chi connectivity index (χ1) is 8.30. The minimum atomic E-state index is -1.01. The van der Waals surface area contributed by atoms with Gasteiger partial charge >= 0.3 is 11.9 Å². The second-order valence-corrected chi connectivity index (χ2v) is 4.50. The second kappa shape index (κ2) is 4.25. The Morgan fingerprint density at radius 1 is 1.50 bits per heavy atom. The van der Waals surface area contributed by atoms with E-state index < -0.39 is 41.5 Å². The second-order valence-electron chi connectivity index (χ2n) is 4.50. The molecule has 7 heteroatoms. The molecule has 0 aromatic heterocycles. The molecule has 2 rings (SSSR count). The molecule has 0 amide bonds. The lowest BCUT2D eigenvalue weighted by Gasteiger charge is -2.19. The van der Waals surface area contributed by atoms with E-state index in [2.05, 4.69) is 4.74 Å². The van der Waals surface area contributed by atoms with Crippen LogP contribution in [0.5, 0.6) is 0 Å². The summed E-state index contributed by atoms with van der Waals surface area (Å²) in [6.07, 6.45) is -1.63. The quantitative estimate of drug-likeness (QED) is 0.716. The van der Waals surface area contributed by atoms with E-state index in [9.17, 15) is 14.7 Å². The van der Waals surface area contributed by atoms with Crippen LogP contribution in [0.1, 0.15) is 20.8 Å². The lowest BCUT2D eigenvalue weighted by Crippen LogP contribution is -2.32. The summed E-state index contributed by atoms with van der Waals surface area (Å²) in [5.74, 6) is -3.33. The monoisotopic (exact) mass is 258 g/mol. The van der Waals surface area contributed by atoms with Gasteiger partial charge in [0.15, 0.2) is 17.7 Å². The maximum atomic E-state index is 11.4. The van der Waals surface area contributed by atoms with Gasteiger partial charge in [0, 0.05) is 6.92 Å². The summed E-state index contributed by atoms with van der Waals surface area (Å²) in [5.41, 5.74) is 0. The average Bonchev–Trinajstić information content (AvgIpc) is 2.72. The van der Waals surface area contributed by atoms with E-state index in [4.69, 9.17) is 14.2 Å². The lowest BCUT2D eigenvalue weighted by molar-refractivity contribution is -0.163. The number of aliphatic hydroxyl groups is 1. The Bertz CT molecular complexity index is 423. The van der Waals surface area contributed by atoms with Crippen LogP contribution in [-0.4, -0.2) is 41.6 Å². The van der Waals surface area contributed by atoms with E-state index >= 15 is 0 Å². The molecule has 0 radical (unpaired) electrons. The minimum Gasteiger partial charge on any atom is -0.505 e. The molecular weight excluding hydrogens is 244 g/mol. The zero-order valence-electron chi connectivity index (χ0n) is 10.3. The SMILES string of the molecule is CC(=O)OC1=C(O)[C@@H]([C@@H]2COC(C)(C)O2)OC1=O. The predicted molar refractivity (Wildman–Crippen MR) is 56.2 cm³/mol. The largest absolute Gasteiger partial charge is 0.505 e. The van der Waals surface area contributed by atoms with E-state index in [0.29, 0.717) is 0 Å². The molecular formula is C11H14O7. The number of hydrogen-bond acceptors (Lipinski definition) is 7. The van der Waals surface area contributed by atoms with Gasteiger partial charge in [-0.3, -0.25) is 4.79 Å². The van der Waals surface area contributed by atoms with Crippen LogP contribution in [0.25, 0.3) is 0 Å². The van der Waals surface area contributed by atoms with Gasteiger partial charge in [0.25, 0.3) is 5.76 Å². The van der Waals surface area contributed by atoms with Crippen molar-refractivity contribution in [2.24, 2.45) is 0 Å². The summed E-state index contributed by atoms with van der Waals surface area (Å²) in [5, 5.41) is 9.82. The Kier molecular flexibility index (Phi) is 3.04. The fraction of sp³-hybridized carbons (Fsp3) is 0.636. The molecule has 1 saturated heterocycles. The predicted octanol–water partition coefficient (Wildman–Crippen LogP) is 0.396. The number of esters is 2. The molecule has 2 atom stereocenters. The van der Waals surface area contributed by atoms with Crippen LogP contribution in [0.4, 0.5) is 0 Å². The van der Waals surface area contributed by atoms with E-state index in [1.165, 1.54) is 0 Å². The molecule has 0 aromatic rings. The first-order valence-corrected chi connectivity index (χ1v) is 5.44. The molecule has 1 fully saturated rings.